The fourth-order valence-electron chi connectivity index (χ4n) is 3.37. The van der Waals surface area contributed by atoms with Crippen molar-refractivity contribution in [2.24, 2.45) is 0 Å². The predicted octanol–water partition coefficient (Wildman–Crippen LogP) is 3.17. The molecule has 0 fully saturated rings. The minimum atomic E-state index is -0.851. The Labute approximate surface area is 204 Å². The Morgan fingerprint density at radius 2 is 1.74 bits per heavy atom. The molecule has 0 aliphatic heterocycles. The van der Waals surface area contributed by atoms with Gasteiger partial charge in [-0.2, -0.15) is 9.78 Å². The van der Waals surface area contributed by atoms with Gasteiger partial charge in [0.25, 0.3) is 11.5 Å². The van der Waals surface area contributed by atoms with Crippen molar-refractivity contribution in [3.63, 3.8) is 0 Å². The summed E-state index contributed by atoms with van der Waals surface area (Å²) in [5.41, 5.74) is -0.483. The number of carbonyl (C=O) groups is 1. The van der Waals surface area contributed by atoms with Crippen molar-refractivity contribution in [2.75, 3.05) is 7.11 Å². The molecule has 0 atom stereocenters. The van der Waals surface area contributed by atoms with E-state index in [1.165, 1.54) is 31.4 Å². The van der Waals surface area contributed by atoms with Crippen LogP contribution < -0.4 is 21.3 Å². The number of methoxy groups -OCH3 is 1. The number of hydrogen-bond acceptors (Lipinski definition) is 5. The summed E-state index contributed by atoms with van der Waals surface area (Å²) in [6, 6.07) is 18.7. The number of halogens is 2. The lowest BCUT2D eigenvalue weighted by molar-refractivity contribution is 0.0941. The van der Waals surface area contributed by atoms with Crippen LogP contribution in [0.25, 0.3) is 5.69 Å². The van der Waals surface area contributed by atoms with Gasteiger partial charge in [0.15, 0.2) is 0 Å². The molecule has 0 aliphatic rings. The van der Waals surface area contributed by atoms with E-state index in [1.54, 1.807) is 48.5 Å². The number of carbonyl (C=O) groups excluding carboxylic acids is 1. The van der Waals surface area contributed by atoms with Gasteiger partial charge in [0, 0.05) is 11.6 Å². The van der Waals surface area contributed by atoms with Gasteiger partial charge >= 0.3 is 5.69 Å². The number of ether oxygens (including phenoxy) is 1. The average Bonchev–Trinajstić information content (AvgIpc) is 2.86. The van der Waals surface area contributed by atoms with E-state index < -0.39 is 28.7 Å². The Morgan fingerprint density at radius 3 is 2.40 bits per heavy atom. The molecule has 1 aromatic heterocycles. The highest BCUT2D eigenvalue weighted by Gasteiger charge is 2.20. The molecule has 0 spiro atoms. The van der Waals surface area contributed by atoms with Gasteiger partial charge in [0.05, 0.1) is 19.3 Å². The highest BCUT2D eigenvalue weighted by Crippen LogP contribution is 2.14. The monoisotopic (exact) mass is 494 g/mol. The predicted molar refractivity (Wildman–Crippen MR) is 129 cm³/mol. The van der Waals surface area contributed by atoms with Crippen LogP contribution in [0.15, 0.2) is 82.4 Å². The number of amides is 1. The van der Waals surface area contributed by atoms with E-state index in [9.17, 15) is 18.8 Å². The van der Waals surface area contributed by atoms with Crippen molar-refractivity contribution < 1.29 is 13.9 Å². The van der Waals surface area contributed by atoms with Crippen molar-refractivity contribution in [2.45, 2.75) is 13.1 Å². The molecule has 1 heterocycles. The van der Waals surface area contributed by atoms with Gasteiger partial charge < -0.3 is 10.1 Å². The first-order valence-corrected chi connectivity index (χ1v) is 10.9. The Balaban J connectivity index is 1.76. The molecule has 4 rings (SSSR count). The second-order valence-corrected chi connectivity index (χ2v) is 8.01. The lowest BCUT2D eigenvalue weighted by Crippen LogP contribution is -2.46. The van der Waals surface area contributed by atoms with E-state index >= 15 is 0 Å². The van der Waals surface area contributed by atoms with E-state index in [2.05, 4.69) is 10.4 Å². The maximum atomic E-state index is 13.3. The molecule has 8 nitrogen and oxygen atoms in total. The number of nitrogens with one attached hydrogen (secondary N) is 1. The number of nitrogens with zero attached hydrogens (tertiary/aromatic N) is 3. The molecule has 4 aromatic rings. The Hall–Kier alpha value is -4.24. The summed E-state index contributed by atoms with van der Waals surface area (Å²) < 4.78 is 20.2. The number of aromatic nitrogens is 3. The zero-order valence-electron chi connectivity index (χ0n) is 18.6. The molecule has 1 amide bonds. The molecule has 0 saturated carbocycles. The molecule has 0 bridgehead atoms. The third kappa shape index (κ3) is 5.47. The summed E-state index contributed by atoms with van der Waals surface area (Å²) in [6.07, 6.45) is 0. The van der Waals surface area contributed by atoms with Gasteiger partial charge in [-0.1, -0.05) is 35.9 Å². The first-order chi connectivity index (χ1) is 16.9. The topological polar surface area (TPSA) is 95.2 Å². The maximum absolute atomic E-state index is 13.3. The van der Waals surface area contributed by atoms with Gasteiger partial charge in [-0.3, -0.25) is 14.2 Å². The second kappa shape index (κ2) is 10.4. The van der Waals surface area contributed by atoms with Crippen LogP contribution in [0.4, 0.5) is 4.39 Å². The molecule has 35 heavy (non-hydrogen) atoms. The smallest absolute Gasteiger partial charge is 0.352 e. The third-order valence-electron chi connectivity index (χ3n) is 5.19. The van der Waals surface area contributed by atoms with Crippen molar-refractivity contribution in [1.82, 2.24) is 19.7 Å². The molecule has 0 radical (unpaired) electrons. The minimum Gasteiger partial charge on any atom is -0.497 e. The number of benzene rings is 3. The number of hydrogen-bond donors (Lipinski definition) is 1. The second-order valence-electron chi connectivity index (χ2n) is 7.57. The highest BCUT2D eigenvalue weighted by molar-refractivity contribution is 6.30. The van der Waals surface area contributed by atoms with Crippen molar-refractivity contribution in [1.29, 1.82) is 0 Å². The summed E-state index contributed by atoms with van der Waals surface area (Å²) in [7, 11) is 1.51. The van der Waals surface area contributed by atoms with Gasteiger partial charge in [-0.25, -0.2) is 9.18 Å². The number of rotatable bonds is 7. The van der Waals surface area contributed by atoms with Crippen molar-refractivity contribution in [3.05, 3.63) is 121 Å². The SMILES string of the molecule is COc1ccc(-n2nc(C(=O)NCc3ccc(F)cc3)c(=O)n(Cc3cccc(Cl)c3)c2=O)cc1. The largest absolute Gasteiger partial charge is 0.497 e. The molecular weight excluding hydrogens is 475 g/mol. The van der Waals surface area contributed by atoms with E-state index in [4.69, 9.17) is 16.3 Å². The fraction of sp³-hybridized carbons (Fsp3) is 0.120. The summed E-state index contributed by atoms with van der Waals surface area (Å²) >= 11 is 6.05. The normalized spacial score (nSPS) is 10.7. The fourth-order valence-corrected chi connectivity index (χ4v) is 3.59. The quantitative estimate of drug-likeness (QED) is 0.426. The highest BCUT2D eigenvalue weighted by atomic mass is 35.5. The molecule has 178 valence electrons. The molecule has 0 saturated heterocycles. The van der Waals surface area contributed by atoms with Gasteiger partial charge in [0.2, 0.25) is 5.69 Å². The van der Waals surface area contributed by atoms with Crippen LogP contribution in [-0.2, 0) is 13.1 Å². The van der Waals surface area contributed by atoms with Gasteiger partial charge in [-0.05, 0) is 59.7 Å². The lowest BCUT2D eigenvalue weighted by Gasteiger charge is -2.13. The summed E-state index contributed by atoms with van der Waals surface area (Å²) in [6.45, 7) is -0.0780. The zero-order chi connectivity index (χ0) is 24.9. The van der Waals surface area contributed by atoms with Crippen molar-refractivity contribution in [3.8, 4) is 11.4 Å². The Morgan fingerprint density at radius 1 is 1.03 bits per heavy atom. The third-order valence-corrected chi connectivity index (χ3v) is 5.42. The van der Waals surface area contributed by atoms with Crippen molar-refractivity contribution >= 4 is 17.5 Å². The van der Waals surface area contributed by atoms with E-state index in [1.807, 2.05) is 0 Å². The van der Waals surface area contributed by atoms with Crippen LogP contribution in [0, 0.1) is 5.82 Å². The lowest BCUT2D eigenvalue weighted by atomic mass is 10.2. The minimum absolute atomic E-state index is 0.0379. The van der Waals surface area contributed by atoms with Crippen LogP contribution in [0.5, 0.6) is 5.75 Å². The zero-order valence-corrected chi connectivity index (χ0v) is 19.3. The van der Waals surface area contributed by atoms with E-state index in [-0.39, 0.29) is 13.1 Å². The Kier molecular flexibility index (Phi) is 7.07. The first kappa shape index (κ1) is 23.9. The van der Waals surface area contributed by atoms with Gasteiger partial charge in [0.1, 0.15) is 11.6 Å². The average molecular weight is 495 g/mol. The van der Waals surface area contributed by atoms with E-state index in [0.29, 0.717) is 27.6 Å². The summed E-state index contributed by atoms with van der Waals surface area (Å²) in [5.74, 6) is -0.620. The standard InChI is InChI=1S/C25H20ClFN4O4/c1-35-21-11-9-20(10-12-21)31-25(34)30(15-17-3-2-4-18(26)13-17)24(33)22(29-31)23(32)28-14-16-5-7-19(27)8-6-16/h2-13H,14-15H2,1H3,(H,28,32). The van der Waals surface area contributed by atoms with Crippen LogP contribution in [0.1, 0.15) is 21.6 Å². The summed E-state index contributed by atoms with van der Waals surface area (Å²) in [4.78, 5) is 39.4. The van der Waals surface area contributed by atoms with Crippen LogP contribution in [0.3, 0.4) is 0 Å². The van der Waals surface area contributed by atoms with Crippen LogP contribution in [-0.4, -0.2) is 27.4 Å². The molecule has 10 heteroatoms. The Bertz CT molecular complexity index is 1480. The summed E-state index contributed by atoms with van der Waals surface area (Å²) in [5, 5.41) is 7.12. The van der Waals surface area contributed by atoms with Crippen LogP contribution >= 0.6 is 11.6 Å². The van der Waals surface area contributed by atoms with Crippen LogP contribution in [0.2, 0.25) is 5.02 Å². The molecule has 0 unspecified atom stereocenters. The van der Waals surface area contributed by atoms with Gasteiger partial charge in [-0.15, -0.1) is 0 Å². The maximum Gasteiger partial charge on any atom is 0.352 e. The molecule has 0 aliphatic carbocycles. The first-order valence-electron chi connectivity index (χ1n) is 10.5. The molecule has 1 N–H and O–H groups in total. The van der Waals surface area contributed by atoms with E-state index in [0.717, 1.165) is 9.25 Å². The molecular formula is C25H20ClFN4O4. The molecule has 3 aromatic carbocycles.